The molecule has 2 heterocycles. The van der Waals surface area contributed by atoms with E-state index in [0.717, 1.165) is 26.2 Å². The van der Waals surface area contributed by atoms with Crippen LogP contribution in [0.25, 0.3) is 0 Å². The average Bonchev–Trinajstić information content (AvgIpc) is 2.33. The van der Waals surface area contributed by atoms with E-state index in [0.29, 0.717) is 12.1 Å². The fourth-order valence-electron chi connectivity index (χ4n) is 1.50. The highest BCUT2D eigenvalue weighted by molar-refractivity contribution is 4.86. The second-order valence-corrected chi connectivity index (χ2v) is 2.65. The molecular formula is C6H12N2O. The molecule has 2 rings (SSSR count). The highest BCUT2D eigenvalue weighted by atomic mass is 16.5. The van der Waals surface area contributed by atoms with Crippen molar-refractivity contribution in [3.8, 4) is 0 Å². The Morgan fingerprint density at radius 1 is 1.44 bits per heavy atom. The zero-order valence-corrected chi connectivity index (χ0v) is 5.39. The monoisotopic (exact) mass is 128 g/mol. The van der Waals surface area contributed by atoms with Crippen LogP contribution in [0.4, 0.5) is 0 Å². The van der Waals surface area contributed by atoms with Crippen molar-refractivity contribution in [2.45, 2.75) is 18.6 Å². The van der Waals surface area contributed by atoms with Crippen molar-refractivity contribution in [3.63, 3.8) is 0 Å². The highest BCUT2D eigenvalue weighted by Crippen LogP contribution is 2.12. The molecular weight excluding hydrogens is 116 g/mol. The Balaban J connectivity index is 1.97. The molecule has 0 amide bonds. The lowest BCUT2D eigenvalue weighted by Crippen LogP contribution is -2.46. The summed E-state index contributed by atoms with van der Waals surface area (Å²) in [6.07, 6.45) is 1.66. The van der Waals surface area contributed by atoms with E-state index in [1.807, 2.05) is 0 Å². The Morgan fingerprint density at radius 3 is 3.33 bits per heavy atom. The van der Waals surface area contributed by atoms with Gasteiger partial charge in [-0.25, -0.2) is 0 Å². The Kier molecular flexibility index (Phi) is 1.41. The fourth-order valence-corrected chi connectivity index (χ4v) is 1.50. The van der Waals surface area contributed by atoms with Crippen LogP contribution in [-0.2, 0) is 4.74 Å². The zero-order valence-electron chi connectivity index (χ0n) is 5.39. The van der Waals surface area contributed by atoms with Crippen LogP contribution in [0.3, 0.4) is 0 Å². The molecule has 9 heavy (non-hydrogen) atoms. The minimum atomic E-state index is 0.492. The van der Waals surface area contributed by atoms with Gasteiger partial charge in [0.2, 0.25) is 0 Å². The van der Waals surface area contributed by atoms with Gasteiger partial charge in [-0.2, -0.15) is 0 Å². The topological polar surface area (TPSA) is 33.3 Å². The van der Waals surface area contributed by atoms with E-state index in [2.05, 4.69) is 10.6 Å². The van der Waals surface area contributed by atoms with E-state index in [1.165, 1.54) is 0 Å². The third kappa shape index (κ3) is 0.956. The molecule has 2 atom stereocenters. The SMILES string of the molecule is C1CC2OCNC2CN1. The molecule has 3 nitrogen and oxygen atoms in total. The van der Waals surface area contributed by atoms with Crippen molar-refractivity contribution >= 4 is 0 Å². The molecule has 2 fully saturated rings. The lowest BCUT2D eigenvalue weighted by Gasteiger charge is -2.23. The van der Waals surface area contributed by atoms with Gasteiger partial charge in [-0.15, -0.1) is 0 Å². The number of piperidine rings is 1. The second kappa shape index (κ2) is 2.25. The van der Waals surface area contributed by atoms with E-state index >= 15 is 0 Å². The standard InChI is InChI=1S/C6H12N2O/c1-2-7-3-5-6(1)9-4-8-5/h5-8H,1-4H2. The van der Waals surface area contributed by atoms with Crippen LogP contribution in [0.5, 0.6) is 0 Å². The molecule has 0 aromatic rings. The number of hydrogen-bond acceptors (Lipinski definition) is 3. The molecule has 0 bridgehead atoms. The van der Waals surface area contributed by atoms with Gasteiger partial charge >= 0.3 is 0 Å². The maximum atomic E-state index is 5.41. The van der Waals surface area contributed by atoms with Gasteiger partial charge in [-0.3, -0.25) is 5.32 Å². The lowest BCUT2D eigenvalue weighted by molar-refractivity contribution is 0.0866. The van der Waals surface area contributed by atoms with E-state index < -0.39 is 0 Å². The van der Waals surface area contributed by atoms with E-state index in [9.17, 15) is 0 Å². The van der Waals surface area contributed by atoms with Crippen molar-refractivity contribution < 1.29 is 4.74 Å². The first-order valence-corrected chi connectivity index (χ1v) is 3.52. The number of ether oxygens (including phenoxy) is 1. The molecule has 0 radical (unpaired) electrons. The molecule has 2 saturated heterocycles. The van der Waals surface area contributed by atoms with Crippen molar-refractivity contribution in [2.75, 3.05) is 19.8 Å². The first-order chi connectivity index (χ1) is 4.47. The quantitative estimate of drug-likeness (QED) is 0.452. The third-order valence-electron chi connectivity index (χ3n) is 2.06. The Hall–Kier alpha value is -0.120. The summed E-state index contributed by atoms with van der Waals surface area (Å²) in [7, 11) is 0. The number of fused-ring (bicyclic) bond motifs is 1. The second-order valence-electron chi connectivity index (χ2n) is 2.65. The summed E-state index contributed by atoms with van der Waals surface area (Å²) in [5, 5.41) is 6.59. The van der Waals surface area contributed by atoms with Crippen molar-refractivity contribution in [2.24, 2.45) is 0 Å². The molecule has 2 aliphatic heterocycles. The van der Waals surface area contributed by atoms with Gasteiger partial charge in [-0.05, 0) is 13.0 Å². The summed E-state index contributed by atoms with van der Waals surface area (Å²) in [5.41, 5.74) is 0. The van der Waals surface area contributed by atoms with E-state index in [1.54, 1.807) is 0 Å². The van der Waals surface area contributed by atoms with Gasteiger partial charge in [0.25, 0.3) is 0 Å². The largest absolute Gasteiger partial charge is 0.361 e. The van der Waals surface area contributed by atoms with Crippen molar-refractivity contribution in [1.29, 1.82) is 0 Å². The highest BCUT2D eigenvalue weighted by Gasteiger charge is 2.29. The third-order valence-corrected chi connectivity index (χ3v) is 2.06. The first-order valence-electron chi connectivity index (χ1n) is 3.52. The van der Waals surface area contributed by atoms with Gasteiger partial charge in [0.15, 0.2) is 0 Å². The van der Waals surface area contributed by atoms with Gasteiger partial charge in [0.05, 0.1) is 12.8 Å². The van der Waals surface area contributed by atoms with Crippen LogP contribution in [0.2, 0.25) is 0 Å². The average molecular weight is 128 g/mol. The van der Waals surface area contributed by atoms with Crippen molar-refractivity contribution in [3.05, 3.63) is 0 Å². The van der Waals surface area contributed by atoms with Gasteiger partial charge in [0, 0.05) is 12.6 Å². The Labute approximate surface area is 54.8 Å². The molecule has 0 spiro atoms. The van der Waals surface area contributed by atoms with Gasteiger partial charge < -0.3 is 10.1 Å². The molecule has 2 N–H and O–H groups in total. The van der Waals surface area contributed by atoms with Gasteiger partial charge in [-0.1, -0.05) is 0 Å². The molecule has 0 aromatic heterocycles. The normalized spacial score (nSPS) is 42.7. The molecule has 2 aliphatic rings. The first kappa shape index (κ1) is 5.65. The predicted molar refractivity (Wildman–Crippen MR) is 34.2 cm³/mol. The van der Waals surface area contributed by atoms with Crippen LogP contribution in [-0.4, -0.2) is 32.0 Å². The summed E-state index contributed by atoms with van der Waals surface area (Å²) in [6.45, 7) is 2.94. The molecule has 2 unspecified atom stereocenters. The van der Waals surface area contributed by atoms with E-state index in [-0.39, 0.29) is 0 Å². The Morgan fingerprint density at radius 2 is 2.44 bits per heavy atom. The summed E-state index contributed by atoms with van der Waals surface area (Å²) in [6, 6.07) is 0.582. The number of rotatable bonds is 0. The maximum Gasteiger partial charge on any atom is 0.0973 e. The summed E-state index contributed by atoms with van der Waals surface area (Å²) < 4.78 is 5.41. The summed E-state index contributed by atoms with van der Waals surface area (Å²) in [4.78, 5) is 0. The number of hydrogen-bond donors (Lipinski definition) is 2. The number of nitrogens with one attached hydrogen (secondary N) is 2. The van der Waals surface area contributed by atoms with Crippen LogP contribution in [0.15, 0.2) is 0 Å². The minimum absolute atomic E-state index is 0.492. The Bertz CT molecular complexity index is 95.2. The molecule has 0 aliphatic carbocycles. The predicted octanol–water partition coefficient (Wildman–Crippen LogP) is -0.706. The molecule has 0 saturated carbocycles. The van der Waals surface area contributed by atoms with Crippen molar-refractivity contribution in [1.82, 2.24) is 10.6 Å². The summed E-state index contributed by atoms with van der Waals surface area (Å²) >= 11 is 0. The minimum Gasteiger partial charge on any atom is -0.361 e. The van der Waals surface area contributed by atoms with Crippen LogP contribution in [0, 0.1) is 0 Å². The van der Waals surface area contributed by atoms with Crippen LogP contribution >= 0.6 is 0 Å². The molecule has 0 aromatic carbocycles. The molecule has 3 heteroatoms. The van der Waals surface area contributed by atoms with E-state index in [4.69, 9.17) is 4.74 Å². The zero-order chi connectivity index (χ0) is 6.10. The molecule has 52 valence electrons. The van der Waals surface area contributed by atoms with Gasteiger partial charge in [0.1, 0.15) is 0 Å². The smallest absolute Gasteiger partial charge is 0.0973 e. The van der Waals surface area contributed by atoms with Crippen LogP contribution < -0.4 is 10.6 Å². The maximum absolute atomic E-state index is 5.41. The fraction of sp³-hybridized carbons (Fsp3) is 1.00. The lowest BCUT2D eigenvalue weighted by atomic mass is 10.1. The summed E-state index contributed by atoms with van der Waals surface area (Å²) in [5.74, 6) is 0. The van der Waals surface area contributed by atoms with Crippen LogP contribution in [0.1, 0.15) is 6.42 Å².